The van der Waals surface area contributed by atoms with Crippen LogP contribution in [-0.4, -0.2) is 5.11 Å². The van der Waals surface area contributed by atoms with Gasteiger partial charge in [-0.2, -0.15) is 0 Å². The molecule has 0 amide bonds. The van der Waals surface area contributed by atoms with Crippen LogP contribution in [0.2, 0.25) is 0 Å². The average molecular weight is 284 g/mol. The molecule has 1 N–H and O–H groups in total. The maximum absolute atomic E-state index is 13.7. The van der Waals surface area contributed by atoms with E-state index in [9.17, 15) is 9.50 Å². The minimum absolute atomic E-state index is 0.273. The van der Waals surface area contributed by atoms with Gasteiger partial charge in [-0.15, -0.1) is 0 Å². The van der Waals surface area contributed by atoms with Gasteiger partial charge in [0.05, 0.1) is 6.10 Å². The zero-order valence-electron chi connectivity index (χ0n) is 12.3. The molecular formula is C19H21FO. The molecule has 0 bridgehead atoms. The van der Waals surface area contributed by atoms with E-state index < -0.39 is 6.10 Å². The minimum Gasteiger partial charge on any atom is -0.387 e. The third kappa shape index (κ3) is 2.60. The Morgan fingerprint density at radius 2 is 1.71 bits per heavy atom. The molecule has 0 saturated heterocycles. The molecule has 1 aliphatic carbocycles. The van der Waals surface area contributed by atoms with Gasteiger partial charge in [0.1, 0.15) is 5.82 Å². The molecule has 21 heavy (non-hydrogen) atoms. The van der Waals surface area contributed by atoms with Gasteiger partial charge >= 0.3 is 0 Å². The average Bonchev–Trinajstić information content (AvgIpc) is 2.97. The van der Waals surface area contributed by atoms with Crippen molar-refractivity contribution in [3.63, 3.8) is 0 Å². The van der Waals surface area contributed by atoms with E-state index in [0.29, 0.717) is 5.56 Å². The highest BCUT2D eigenvalue weighted by Crippen LogP contribution is 2.49. The number of benzene rings is 2. The Hall–Kier alpha value is -1.67. The van der Waals surface area contributed by atoms with Gasteiger partial charge in [-0.3, -0.25) is 0 Å². The Morgan fingerprint density at radius 3 is 2.33 bits per heavy atom. The van der Waals surface area contributed by atoms with Gasteiger partial charge < -0.3 is 5.11 Å². The fourth-order valence-electron chi connectivity index (χ4n) is 3.74. The Balaban J connectivity index is 2.05. The summed E-state index contributed by atoms with van der Waals surface area (Å²) in [5.74, 6) is -0.273. The largest absolute Gasteiger partial charge is 0.387 e. The zero-order valence-corrected chi connectivity index (χ0v) is 12.3. The molecule has 0 radical (unpaired) electrons. The number of aliphatic hydroxyl groups is 1. The lowest BCUT2D eigenvalue weighted by Crippen LogP contribution is -2.30. The first-order valence-electron chi connectivity index (χ1n) is 7.62. The molecule has 2 aromatic rings. The molecule has 0 spiro atoms. The van der Waals surface area contributed by atoms with Crippen LogP contribution in [0.25, 0.3) is 0 Å². The van der Waals surface area contributed by atoms with Crippen LogP contribution < -0.4 is 0 Å². The van der Waals surface area contributed by atoms with E-state index in [-0.39, 0.29) is 11.2 Å². The lowest BCUT2D eigenvalue weighted by Gasteiger charge is -2.35. The second kappa shape index (κ2) is 5.61. The molecule has 110 valence electrons. The molecule has 0 aromatic heterocycles. The highest BCUT2D eigenvalue weighted by atomic mass is 19.1. The number of aliphatic hydroxyl groups excluding tert-OH is 1. The van der Waals surface area contributed by atoms with Crippen LogP contribution >= 0.6 is 0 Å². The van der Waals surface area contributed by atoms with Crippen LogP contribution in [-0.2, 0) is 5.41 Å². The van der Waals surface area contributed by atoms with E-state index in [4.69, 9.17) is 0 Å². The van der Waals surface area contributed by atoms with Gasteiger partial charge in [0, 0.05) is 5.41 Å². The summed E-state index contributed by atoms with van der Waals surface area (Å²) in [6.07, 6.45) is 3.47. The van der Waals surface area contributed by atoms with Crippen molar-refractivity contribution in [3.8, 4) is 0 Å². The van der Waals surface area contributed by atoms with Gasteiger partial charge in [0.15, 0.2) is 0 Å². The van der Waals surface area contributed by atoms with Crippen LogP contribution in [0.1, 0.15) is 48.5 Å². The molecule has 0 aliphatic heterocycles. The molecule has 1 aliphatic rings. The minimum atomic E-state index is -0.656. The Kier molecular flexibility index (Phi) is 3.81. The third-order valence-electron chi connectivity index (χ3n) is 4.75. The highest BCUT2D eigenvalue weighted by Gasteiger charge is 2.42. The van der Waals surface area contributed by atoms with Crippen molar-refractivity contribution in [3.05, 3.63) is 71.0 Å². The summed E-state index contributed by atoms with van der Waals surface area (Å²) in [6.45, 7) is 1.86. The van der Waals surface area contributed by atoms with Crippen molar-refractivity contribution >= 4 is 0 Å². The van der Waals surface area contributed by atoms with E-state index in [2.05, 4.69) is 12.1 Å². The molecule has 2 heteroatoms. The fourth-order valence-corrected chi connectivity index (χ4v) is 3.74. The second-order valence-corrected chi connectivity index (χ2v) is 6.19. The zero-order chi connectivity index (χ0) is 14.9. The van der Waals surface area contributed by atoms with Crippen LogP contribution in [0.15, 0.2) is 48.5 Å². The van der Waals surface area contributed by atoms with Crippen LogP contribution in [0.4, 0.5) is 4.39 Å². The van der Waals surface area contributed by atoms with E-state index in [1.165, 1.54) is 12.1 Å². The summed E-state index contributed by atoms with van der Waals surface area (Å²) >= 11 is 0. The van der Waals surface area contributed by atoms with Crippen molar-refractivity contribution in [2.24, 2.45) is 0 Å². The van der Waals surface area contributed by atoms with Gasteiger partial charge in [-0.25, -0.2) is 4.39 Å². The molecule has 3 rings (SSSR count). The molecule has 1 unspecified atom stereocenters. The predicted octanol–water partition coefficient (Wildman–Crippen LogP) is 4.68. The third-order valence-corrected chi connectivity index (χ3v) is 4.75. The lowest BCUT2D eigenvalue weighted by atomic mass is 9.72. The normalized spacial score (nSPS) is 18.6. The number of hydrogen-bond acceptors (Lipinski definition) is 1. The van der Waals surface area contributed by atoms with E-state index >= 15 is 0 Å². The van der Waals surface area contributed by atoms with Crippen LogP contribution in [0, 0.1) is 12.7 Å². The van der Waals surface area contributed by atoms with E-state index in [0.717, 1.165) is 36.8 Å². The van der Waals surface area contributed by atoms with Crippen molar-refractivity contribution in [1.29, 1.82) is 0 Å². The molecule has 1 fully saturated rings. The fraction of sp³-hybridized carbons (Fsp3) is 0.368. The standard InChI is InChI=1S/C19H21FO/c1-14-11-15(13-17(20)12-14)18(21)19(9-5-6-10-19)16-7-3-2-4-8-16/h2-4,7-8,11-13,18,21H,5-6,9-10H2,1H3. The summed E-state index contributed by atoms with van der Waals surface area (Å²) < 4.78 is 13.7. The Bertz CT molecular complexity index is 594. The summed E-state index contributed by atoms with van der Waals surface area (Å²) in [5.41, 5.74) is 2.43. The van der Waals surface area contributed by atoms with Crippen molar-refractivity contribution in [2.45, 2.75) is 44.1 Å². The monoisotopic (exact) mass is 284 g/mol. The second-order valence-electron chi connectivity index (χ2n) is 6.19. The number of hydrogen-bond donors (Lipinski definition) is 1. The van der Waals surface area contributed by atoms with E-state index in [1.54, 1.807) is 0 Å². The molecule has 1 atom stereocenters. The molecule has 0 heterocycles. The number of halogens is 1. The summed E-state index contributed by atoms with van der Waals surface area (Å²) in [5, 5.41) is 11.0. The maximum atomic E-state index is 13.7. The number of aryl methyl sites for hydroxylation is 1. The first-order valence-corrected chi connectivity index (χ1v) is 7.62. The Labute approximate surface area is 125 Å². The summed E-state index contributed by atoms with van der Waals surface area (Å²) in [6, 6.07) is 15.1. The van der Waals surface area contributed by atoms with E-state index in [1.807, 2.05) is 31.2 Å². The van der Waals surface area contributed by atoms with Gasteiger partial charge in [0.25, 0.3) is 0 Å². The maximum Gasteiger partial charge on any atom is 0.123 e. The predicted molar refractivity (Wildman–Crippen MR) is 82.7 cm³/mol. The lowest BCUT2D eigenvalue weighted by molar-refractivity contribution is 0.0819. The van der Waals surface area contributed by atoms with Crippen molar-refractivity contribution in [2.75, 3.05) is 0 Å². The Morgan fingerprint density at radius 1 is 1.05 bits per heavy atom. The van der Waals surface area contributed by atoms with Crippen LogP contribution in [0.5, 0.6) is 0 Å². The van der Waals surface area contributed by atoms with Crippen molar-refractivity contribution in [1.82, 2.24) is 0 Å². The molecular weight excluding hydrogens is 263 g/mol. The summed E-state index contributed by atoms with van der Waals surface area (Å²) in [7, 11) is 0. The SMILES string of the molecule is Cc1cc(F)cc(C(O)C2(c3ccccc3)CCCC2)c1. The van der Waals surface area contributed by atoms with Gasteiger partial charge in [-0.1, -0.05) is 49.2 Å². The molecule has 1 saturated carbocycles. The quantitative estimate of drug-likeness (QED) is 0.867. The first-order chi connectivity index (χ1) is 10.1. The highest BCUT2D eigenvalue weighted by molar-refractivity contribution is 5.35. The topological polar surface area (TPSA) is 20.2 Å². The molecule has 1 nitrogen and oxygen atoms in total. The summed E-state index contributed by atoms with van der Waals surface area (Å²) in [4.78, 5) is 0. The van der Waals surface area contributed by atoms with Crippen molar-refractivity contribution < 1.29 is 9.50 Å². The van der Waals surface area contributed by atoms with Gasteiger partial charge in [-0.05, 0) is 48.6 Å². The van der Waals surface area contributed by atoms with Crippen LogP contribution in [0.3, 0.4) is 0 Å². The van der Waals surface area contributed by atoms with Gasteiger partial charge in [0.2, 0.25) is 0 Å². The smallest absolute Gasteiger partial charge is 0.123 e. The number of rotatable bonds is 3. The molecule has 2 aromatic carbocycles. The first kappa shape index (κ1) is 14.3.